The molecule has 2 aliphatic carbocycles. The van der Waals surface area contributed by atoms with Gasteiger partial charge in [0.25, 0.3) is 0 Å². The van der Waals surface area contributed by atoms with E-state index in [4.69, 9.17) is 4.74 Å². The van der Waals surface area contributed by atoms with Crippen LogP contribution in [0, 0.1) is 22.7 Å². The molecule has 0 bridgehead atoms. The third kappa shape index (κ3) is 3.16. The lowest BCUT2D eigenvalue weighted by Crippen LogP contribution is -2.59. The number of rotatable bonds is 4. The summed E-state index contributed by atoms with van der Waals surface area (Å²) in [6.07, 6.45) is 9.55. The van der Waals surface area contributed by atoms with Crippen molar-refractivity contribution in [3.8, 4) is 0 Å². The van der Waals surface area contributed by atoms with Crippen molar-refractivity contribution >= 4 is 5.97 Å². The Bertz CT molecular complexity index is 507. The number of aliphatic hydroxyl groups is 1. The Morgan fingerprint density at radius 2 is 1.92 bits per heavy atom. The Labute approximate surface area is 147 Å². The molecule has 0 heterocycles. The minimum atomic E-state index is -0.560. The van der Waals surface area contributed by atoms with Crippen molar-refractivity contribution in [3.05, 3.63) is 11.6 Å². The van der Waals surface area contributed by atoms with Crippen LogP contribution < -0.4 is 0 Å². The van der Waals surface area contributed by atoms with E-state index in [1.54, 1.807) is 0 Å². The van der Waals surface area contributed by atoms with Crippen LogP contribution in [0.5, 0.6) is 0 Å². The van der Waals surface area contributed by atoms with Crippen molar-refractivity contribution in [3.63, 3.8) is 0 Å². The fourth-order valence-corrected chi connectivity index (χ4v) is 5.59. The summed E-state index contributed by atoms with van der Waals surface area (Å²) in [7, 11) is 1.43. The maximum absolute atomic E-state index is 11.6. The molecule has 3 heteroatoms. The molecule has 0 aliphatic heterocycles. The molecule has 2 rings (SSSR count). The molecule has 0 amide bonds. The number of carbonyl (C=O) groups is 1. The quantitative estimate of drug-likeness (QED) is 0.588. The number of fused-ring (bicyclic) bond motifs is 1. The van der Waals surface area contributed by atoms with E-state index in [1.807, 2.05) is 13.0 Å². The number of hydrogen-bond acceptors (Lipinski definition) is 3. The first-order chi connectivity index (χ1) is 11.1. The number of ether oxygens (including phenoxy) is 1. The lowest BCUT2D eigenvalue weighted by molar-refractivity contribution is -0.192. The minimum absolute atomic E-state index is 0.00756. The van der Waals surface area contributed by atoms with Gasteiger partial charge in [-0.25, -0.2) is 4.79 Å². The first kappa shape index (κ1) is 19.5. The SMILES string of the molecule is COC(=O)C(C)=CCCC1(C)C(C)CCC2(C)C1CCCC2(C)O. The zero-order valence-electron chi connectivity index (χ0n) is 16.4. The van der Waals surface area contributed by atoms with Crippen LogP contribution in [0.15, 0.2) is 11.6 Å². The van der Waals surface area contributed by atoms with E-state index >= 15 is 0 Å². The molecule has 3 nitrogen and oxygen atoms in total. The molecule has 5 atom stereocenters. The Balaban J connectivity index is 2.21. The zero-order valence-corrected chi connectivity index (χ0v) is 16.4. The number of esters is 1. The van der Waals surface area contributed by atoms with Gasteiger partial charge < -0.3 is 9.84 Å². The maximum atomic E-state index is 11.6. The second kappa shape index (κ2) is 6.82. The highest BCUT2D eigenvalue weighted by Gasteiger charge is 2.59. The van der Waals surface area contributed by atoms with Crippen LogP contribution in [0.2, 0.25) is 0 Å². The zero-order chi connectivity index (χ0) is 18.2. The molecule has 2 fully saturated rings. The summed E-state index contributed by atoms with van der Waals surface area (Å²) >= 11 is 0. The Kier molecular flexibility index (Phi) is 5.54. The second-order valence-corrected chi connectivity index (χ2v) is 9.00. The van der Waals surface area contributed by atoms with E-state index in [9.17, 15) is 9.90 Å². The molecule has 2 saturated carbocycles. The molecule has 0 aromatic carbocycles. The molecule has 0 aromatic rings. The predicted molar refractivity (Wildman–Crippen MR) is 97.6 cm³/mol. The van der Waals surface area contributed by atoms with Crippen LogP contribution in [0.1, 0.15) is 79.6 Å². The van der Waals surface area contributed by atoms with Gasteiger partial charge >= 0.3 is 5.97 Å². The van der Waals surface area contributed by atoms with Crippen molar-refractivity contribution in [2.24, 2.45) is 22.7 Å². The van der Waals surface area contributed by atoms with Gasteiger partial charge in [-0.15, -0.1) is 0 Å². The molecule has 2 aliphatic rings. The van der Waals surface area contributed by atoms with Crippen LogP contribution in [0.3, 0.4) is 0 Å². The summed E-state index contributed by atoms with van der Waals surface area (Å²) in [6.45, 7) is 11.0. The van der Waals surface area contributed by atoms with Gasteiger partial charge in [0.1, 0.15) is 0 Å². The molecule has 0 saturated heterocycles. The number of carbonyl (C=O) groups excluding carboxylic acids is 1. The molecule has 0 aromatic heterocycles. The number of hydrogen-bond donors (Lipinski definition) is 1. The molecule has 0 radical (unpaired) electrons. The van der Waals surface area contributed by atoms with Crippen LogP contribution in [0.25, 0.3) is 0 Å². The van der Waals surface area contributed by atoms with Crippen LogP contribution in [-0.2, 0) is 9.53 Å². The van der Waals surface area contributed by atoms with Gasteiger partial charge in [-0.05, 0) is 75.0 Å². The van der Waals surface area contributed by atoms with E-state index in [2.05, 4.69) is 27.7 Å². The fraction of sp³-hybridized carbons (Fsp3) is 0.857. The lowest BCUT2D eigenvalue weighted by Gasteiger charge is -2.63. The Morgan fingerprint density at radius 1 is 1.25 bits per heavy atom. The van der Waals surface area contributed by atoms with Crippen LogP contribution >= 0.6 is 0 Å². The number of methoxy groups -OCH3 is 1. The Morgan fingerprint density at radius 3 is 2.54 bits per heavy atom. The average molecular weight is 337 g/mol. The molecule has 5 unspecified atom stereocenters. The molecule has 1 N–H and O–H groups in total. The van der Waals surface area contributed by atoms with E-state index < -0.39 is 5.60 Å². The summed E-state index contributed by atoms with van der Waals surface area (Å²) in [5.74, 6) is 0.961. The van der Waals surface area contributed by atoms with Crippen molar-refractivity contribution in [2.75, 3.05) is 7.11 Å². The summed E-state index contributed by atoms with van der Waals surface area (Å²) in [5.41, 5.74) is 0.357. The summed E-state index contributed by atoms with van der Waals surface area (Å²) in [4.78, 5) is 11.6. The summed E-state index contributed by atoms with van der Waals surface area (Å²) in [5, 5.41) is 11.1. The third-order valence-electron chi connectivity index (χ3n) is 7.82. The highest BCUT2D eigenvalue weighted by Crippen LogP contribution is 2.64. The molecule has 24 heavy (non-hydrogen) atoms. The third-order valence-corrected chi connectivity index (χ3v) is 7.82. The fourth-order valence-electron chi connectivity index (χ4n) is 5.59. The maximum Gasteiger partial charge on any atom is 0.333 e. The van der Waals surface area contributed by atoms with Gasteiger partial charge in [0.2, 0.25) is 0 Å². The summed E-state index contributed by atoms with van der Waals surface area (Å²) < 4.78 is 4.79. The van der Waals surface area contributed by atoms with Gasteiger partial charge in [0.15, 0.2) is 0 Å². The summed E-state index contributed by atoms with van der Waals surface area (Å²) in [6, 6.07) is 0. The van der Waals surface area contributed by atoms with Crippen molar-refractivity contribution in [1.82, 2.24) is 0 Å². The monoisotopic (exact) mass is 336 g/mol. The van der Waals surface area contributed by atoms with Gasteiger partial charge in [-0.3, -0.25) is 0 Å². The van der Waals surface area contributed by atoms with E-state index in [0.717, 1.165) is 32.1 Å². The second-order valence-electron chi connectivity index (χ2n) is 9.00. The van der Waals surface area contributed by atoms with Gasteiger partial charge in [0, 0.05) is 5.57 Å². The normalized spacial score (nSPS) is 43.2. The standard InChI is InChI=1S/C21H36O3/c1-15(18(22)24-6)9-7-12-19(3)16(2)11-14-20(4)17(19)10-8-13-21(20,5)23/h9,16-17,23H,7-8,10-14H2,1-6H3. The van der Waals surface area contributed by atoms with E-state index in [-0.39, 0.29) is 16.8 Å². The smallest absolute Gasteiger partial charge is 0.333 e. The molecular weight excluding hydrogens is 300 g/mol. The first-order valence-electron chi connectivity index (χ1n) is 9.56. The molecule has 0 spiro atoms. The van der Waals surface area contributed by atoms with Crippen LogP contribution in [0.4, 0.5) is 0 Å². The minimum Gasteiger partial charge on any atom is -0.466 e. The highest BCUT2D eigenvalue weighted by molar-refractivity contribution is 5.87. The molecular formula is C21H36O3. The average Bonchev–Trinajstić information content (AvgIpc) is 2.52. The van der Waals surface area contributed by atoms with Gasteiger partial charge in [0.05, 0.1) is 12.7 Å². The largest absolute Gasteiger partial charge is 0.466 e. The van der Waals surface area contributed by atoms with Crippen LogP contribution in [-0.4, -0.2) is 23.8 Å². The van der Waals surface area contributed by atoms with Gasteiger partial charge in [-0.2, -0.15) is 0 Å². The predicted octanol–water partition coefficient (Wildman–Crippen LogP) is 4.88. The van der Waals surface area contributed by atoms with Gasteiger partial charge in [-0.1, -0.05) is 33.3 Å². The molecule has 138 valence electrons. The highest BCUT2D eigenvalue weighted by atomic mass is 16.5. The lowest BCUT2D eigenvalue weighted by atomic mass is 9.43. The number of allylic oxidation sites excluding steroid dienone is 1. The Hall–Kier alpha value is -0.830. The first-order valence-corrected chi connectivity index (χ1v) is 9.56. The topological polar surface area (TPSA) is 46.5 Å². The van der Waals surface area contributed by atoms with Crippen molar-refractivity contribution in [2.45, 2.75) is 85.2 Å². The van der Waals surface area contributed by atoms with E-state index in [1.165, 1.54) is 20.0 Å². The van der Waals surface area contributed by atoms with Crippen molar-refractivity contribution < 1.29 is 14.6 Å². The van der Waals surface area contributed by atoms with E-state index in [0.29, 0.717) is 17.4 Å². The van der Waals surface area contributed by atoms with Crippen molar-refractivity contribution in [1.29, 1.82) is 0 Å².